The van der Waals surface area contributed by atoms with E-state index >= 15 is 0 Å². The van der Waals surface area contributed by atoms with Crippen molar-refractivity contribution in [3.8, 4) is 43.4 Å². The van der Waals surface area contributed by atoms with Crippen LogP contribution in [0.4, 0.5) is 5.82 Å². The van der Waals surface area contributed by atoms with E-state index < -0.39 is 66.3 Å². The Morgan fingerprint density at radius 1 is 0.720 bits per heavy atom. The van der Waals surface area contributed by atoms with Crippen LogP contribution in [0.15, 0.2) is 64.0 Å². The molecule has 0 spiro atoms. The van der Waals surface area contributed by atoms with Crippen LogP contribution >= 0.6 is 68.0 Å². The van der Waals surface area contributed by atoms with Crippen LogP contribution in [0.1, 0.15) is 126 Å². The van der Waals surface area contributed by atoms with Crippen LogP contribution in [-0.4, -0.2) is 114 Å². The monoisotopic (exact) mass is 1220 g/mol. The number of methoxy groups -OCH3 is 1. The number of hydrogen-bond donors (Lipinski definition) is 7. The predicted octanol–water partition coefficient (Wildman–Crippen LogP) is 7.53. The first kappa shape index (κ1) is 59.0. The van der Waals surface area contributed by atoms with Crippen LogP contribution in [0.25, 0.3) is 43.4 Å². The molecule has 0 fully saturated rings. The standard InChI is InChI=1S/C53H53N13O10S6/c1-24(2)39-53-65-42(33(82-53)19-76-6)46(74)55-18-36(68)62-43(44(72)26-11-8-7-9-12-26)52-60-32(22-79-52)50-58-30(20-78-50)41-27(15-16-28(56-41)49-61-34(23-80-49)66(5)37(69)13-10-14-38(70)71)48-59-31(21-77-48)45(73)57-29(17-35(67)54-4)51-64-40(25(3)81-51)47(75)63-39/h7-9,11-12,15-16,20-24,29,39,43-44,72H,10,13-14,17-19H2,1-6H3,(H,54,67)(H,55,74)(H,57,73)(H,62,68)(H,63,75)(H,70,71)/t29-,39-,43-,44-/m0/s1. The molecule has 7 aromatic heterocycles. The van der Waals surface area contributed by atoms with Crippen molar-refractivity contribution in [3.63, 3.8) is 0 Å². The van der Waals surface area contributed by atoms with Crippen molar-refractivity contribution in [2.45, 2.75) is 77.3 Å². The molecule has 0 radical (unpaired) electrons. The molecule has 9 rings (SSSR count). The summed E-state index contributed by atoms with van der Waals surface area (Å²) < 4.78 is 5.44. The number of carbonyl (C=O) groups excluding carboxylic acids is 6. The summed E-state index contributed by atoms with van der Waals surface area (Å²) in [6.07, 6.45) is -1.47. The summed E-state index contributed by atoms with van der Waals surface area (Å²) in [7, 11) is 4.50. The van der Waals surface area contributed by atoms with Gasteiger partial charge in [0.15, 0.2) is 0 Å². The number of rotatable bonds is 13. The van der Waals surface area contributed by atoms with Crippen molar-refractivity contribution in [1.29, 1.82) is 0 Å². The van der Waals surface area contributed by atoms with E-state index in [-0.39, 0.29) is 66.2 Å². The number of aliphatic carboxylic acids is 1. The second-order valence-corrected chi connectivity index (χ2v) is 24.7. The average molecular weight is 1220 g/mol. The number of aliphatic hydroxyl groups is 1. The first-order chi connectivity index (χ1) is 39.4. The highest BCUT2D eigenvalue weighted by Crippen LogP contribution is 2.40. The van der Waals surface area contributed by atoms with Crippen molar-refractivity contribution < 1.29 is 48.5 Å². The Morgan fingerprint density at radius 2 is 1.43 bits per heavy atom. The molecule has 23 nitrogen and oxygen atoms in total. The second kappa shape index (κ2) is 26.1. The third-order valence-electron chi connectivity index (χ3n) is 12.7. The minimum Gasteiger partial charge on any atom is -0.481 e. The minimum absolute atomic E-state index is 0.000662. The second-order valence-electron chi connectivity index (χ2n) is 18.8. The molecule has 29 heteroatoms. The molecular formula is C53H53N13O10S6. The number of amides is 6. The van der Waals surface area contributed by atoms with Gasteiger partial charge in [0.25, 0.3) is 17.7 Å². The number of ether oxygens (including phenoxy) is 1. The van der Waals surface area contributed by atoms with E-state index in [1.807, 2.05) is 13.8 Å². The normalized spacial score (nSPS) is 16.4. The number of anilines is 1. The predicted molar refractivity (Wildman–Crippen MR) is 312 cm³/mol. The Labute approximate surface area is 492 Å². The molecule has 1 aliphatic rings. The topological polar surface area (TPSA) is 323 Å². The van der Waals surface area contributed by atoms with E-state index in [4.69, 9.17) is 34.8 Å². The van der Waals surface area contributed by atoms with Gasteiger partial charge in [-0.3, -0.25) is 38.5 Å². The molecule has 0 unspecified atom stereocenters. The molecule has 426 valence electrons. The number of carbonyl (C=O) groups is 7. The van der Waals surface area contributed by atoms with E-state index in [0.717, 1.165) is 11.3 Å². The number of aromatic nitrogens is 7. The number of carboxylic acids is 1. The smallest absolute Gasteiger partial charge is 0.303 e. The van der Waals surface area contributed by atoms with E-state index in [1.165, 1.54) is 75.7 Å². The van der Waals surface area contributed by atoms with E-state index in [0.29, 0.717) is 74.5 Å². The lowest BCUT2D eigenvalue weighted by Gasteiger charge is -2.23. The van der Waals surface area contributed by atoms with Gasteiger partial charge in [-0.05, 0) is 37.0 Å². The largest absolute Gasteiger partial charge is 0.481 e. The number of carboxylic acid groups (broad SMARTS) is 1. The van der Waals surface area contributed by atoms with E-state index in [1.54, 1.807) is 78.0 Å². The van der Waals surface area contributed by atoms with Crippen molar-refractivity contribution >= 4 is 115 Å². The van der Waals surface area contributed by atoms with Gasteiger partial charge in [0.05, 0.1) is 42.2 Å². The van der Waals surface area contributed by atoms with Crippen LogP contribution in [0, 0.1) is 12.8 Å². The first-order valence-corrected chi connectivity index (χ1v) is 30.5. The maximum atomic E-state index is 14.3. The molecule has 0 saturated heterocycles. The highest BCUT2D eigenvalue weighted by molar-refractivity contribution is 7.15. The number of nitrogens with zero attached hydrogens (tertiary/aromatic N) is 8. The molecule has 8 heterocycles. The summed E-state index contributed by atoms with van der Waals surface area (Å²) in [6, 6.07) is 9.45. The first-order valence-electron chi connectivity index (χ1n) is 25.3. The summed E-state index contributed by atoms with van der Waals surface area (Å²) in [5.74, 6) is -4.11. The zero-order valence-electron chi connectivity index (χ0n) is 44.7. The average Bonchev–Trinajstić information content (AvgIpc) is 4.44. The van der Waals surface area contributed by atoms with Gasteiger partial charge in [-0.2, -0.15) is 0 Å². The summed E-state index contributed by atoms with van der Waals surface area (Å²) in [5.41, 5.74) is 2.65. The van der Waals surface area contributed by atoms with Gasteiger partial charge in [-0.15, -0.1) is 68.0 Å². The van der Waals surface area contributed by atoms with Crippen molar-refractivity contribution in [1.82, 2.24) is 61.5 Å². The molecule has 7 N–H and O–H groups in total. The number of nitrogens with one attached hydrogen (secondary N) is 5. The highest BCUT2D eigenvalue weighted by Gasteiger charge is 2.33. The van der Waals surface area contributed by atoms with Crippen molar-refractivity contribution in [3.05, 3.63) is 111 Å². The van der Waals surface area contributed by atoms with E-state index in [9.17, 15) is 38.7 Å². The van der Waals surface area contributed by atoms with Crippen molar-refractivity contribution in [2.75, 3.05) is 32.6 Å². The lowest BCUT2D eigenvalue weighted by molar-refractivity contribution is -0.137. The van der Waals surface area contributed by atoms with Gasteiger partial charge < -0.3 is 41.5 Å². The number of thiazole rings is 6. The van der Waals surface area contributed by atoms with Crippen LogP contribution in [0.3, 0.4) is 0 Å². The minimum atomic E-state index is -1.28. The number of fused-ring (bicyclic) bond motifs is 14. The van der Waals surface area contributed by atoms with Gasteiger partial charge >= 0.3 is 5.97 Å². The number of benzene rings is 1. The number of aliphatic hydroxyl groups excluding tert-OH is 1. The summed E-state index contributed by atoms with van der Waals surface area (Å²) in [6.45, 7) is 4.94. The fourth-order valence-corrected chi connectivity index (χ4v) is 14.0. The van der Waals surface area contributed by atoms with Gasteiger partial charge in [-0.1, -0.05) is 44.2 Å². The zero-order chi connectivity index (χ0) is 58.4. The number of hydrogen-bond acceptors (Lipinski definition) is 22. The Morgan fingerprint density at radius 3 is 2.17 bits per heavy atom. The summed E-state index contributed by atoms with van der Waals surface area (Å²) in [4.78, 5) is 130. The Kier molecular flexibility index (Phi) is 18.8. The lowest BCUT2D eigenvalue weighted by Crippen LogP contribution is -2.40. The Bertz CT molecular complexity index is 3680. The fraction of sp³-hybridized carbons (Fsp3) is 0.321. The summed E-state index contributed by atoms with van der Waals surface area (Å²) >= 11 is 7.15. The number of pyridine rings is 1. The Hall–Kier alpha value is -7.64. The maximum Gasteiger partial charge on any atom is 0.303 e. The molecule has 4 atom stereocenters. The van der Waals surface area contributed by atoms with Gasteiger partial charge in [0, 0.05) is 66.0 Å². The third kappa shape index (κ3) is 13.5. The van der Waals surface area contributed by atoms with Crippen LogP contribution in [0.5, 0.6) is 0 Å². The van der Waals surface area contributed by atoms with Gasteiger partial charge in [0.2, 0.25) is 17.7 Å². The van der Waals surface area contributed by atoms with Crippen LogP contribution in [-0.2, 0) is 30.5 Å². The third-order valence-corrected chi connectivity index (χ3v) is 18.5. The SMILES string of the molecule is CNC(=O)C[C@@H]1NC(=O)c2csc(n2)-c2ccc(-c3nc(N(C)C(=O)CCCC(=O)O)cs3)nc2-c2csc(n2)-c2csc(n2)[C@H]([C@@H](O)c2ccccc2)NC(=O)CNC(=O)c2nc(sc2COC)[C@H](C(C)C)NC(=O)c2nc1sc2C. The Balaban J connectivity index is 1.12. The molecule has 6 amide bonds. The zero-order valence-corrected chi connectivity index (χ0v) is 49.6. The fourth-order valence-electron chi connectivity index (χ4n) is 8.42. The molecule has 10 bridgehead atoms. The van der Waals surface area contributed by atoms with Crippen LogP contribution < -0.4 is 31.5 Å². The highest BCUT2D eigenvalue weighted by atomic mass is 32.1. The van der Waals surface area contributed by atoms with Gasteiger partial charge in [0.1, 0.15) is 82.2 Å². The molecule has 1 aromatic carbocycles. The van der Waals surface area contributed by atoms with Gasteiger partial charge in [-0.25, -0.2) is 34.9 Å². The summed E-state index contributed by atoms with van der Waals surface area (Å²) in [5, 5.41) is 44.2. The molecular weight excluding hydrogens is 1170 g/mol. The molecule has 1 aliphatic heterocycles. The molecule has 82 heavy (non-hydrogen) atoms. The van der Waals surface area contributed by atoms with Crippen LogP contribution in [0.2, 0.25) is 0 Å². The quantitative estimate of drug-likeness (QED) is 0.0586. The van der Waals surface area contributed by atoms with E-state index in [2.05, 4.69) is 36.6 Å². The number of aryl methyl sites for hydroxylation is 1. The molecule has 8 aromatic rings. The molecule has 0 saturated carbocycles. The molecule has 0 aliphatic carbocycles. The maximum absolute atomic E-state index is 14.3. The van der Waals surface area contributed by atoms with Crippen molar-refractivity contribution in [2.24, 2.45) is 5.92 Å². The lowest BCUT2D eigenvalue weighted by atomic mass is 10.0.